The van der Waals surface area contributed by atoms with Crippen molar-refractivity contribution >= 4 is 17.7 Å². The molecule has 2 nitrogen and oxygen atoms in total. The molecule has 1 fully saturated rings. The zero-order valence-corrected chi connectivity index (χ0v) is 10.5. The van der Waals surface area contributed by atoms with E-state index in [1.807, 2.05) is 30.5 Å². The molecule has 0 aromatic heterocycles. The van der Waals surface area contributed by atoms with Gasteiger partial charge in [-0.25, -0.2) is 0 Å². The van der Waals surface area contributed by atoms with Crippen molar-refractivity contribution in [3.05, 3.63) is 0 Å². The number of amides is 1. The first kappa shape index (κ1) is 11.9. The summed E-state index contributed by atoms with van der Waals surface area (Å²) in [5, 5.41) is 0. The van der Waals surface area contributed by atoms with Gasteiger partial charge in [-0.05, 0) is 6.42 Å². The number of nitrogens with zero attached hydrogens (tertiary/aromatic N) is 1. The average Bonchev–Trinajstić information content (AvgIpc) is 2.25. The van der Waals surface area contributed by atoms with Gasteiger partial charge in [0.25, 0.3) is 0 Å². The molecule has 0 saturated carbocycles. The van der Waals surface area contributed by atoms with Gasteiger partial charge in [0.1, 0.15) is 0 Å². The molecule has 0 unspecified atom stereocenters. The van der Waals surface area contributed by atoms with Crippen LogP contribution in [0.4, 0.5) is 0 Å². The molecular weight excluding hydrogens is 194 g/mol. The summed E-state index contributed by atoms with van der Waals surface area (Å²) in [5.41, 5.74) is 0. The zero-order chi connectivity index (χ0) is 10.8. The smallest absolute Gasteiger partial charge is 0.225 e. The Kier molecular flexibility index (Phi) is 3.87. The Balaban J connectivity index is 2.54. The molecule has 0 N–H and O–H groups in total. The topological polar surface area (TPSA) is 20.3 Å². The highest BCUT2D eigenvalue weighted by Crippen LogP contribution is 2.30. The van der Waals surface area contributed by atoms with Crippen LogP contribution >= 0.6 is 11.8 Å². The Morgan fingerprint density at radius 3 is 2.57 bits per heavy atom. The molecule has 1 saturated heterocycles. The van der Waals surface area contributed by atoms with Crippen LogP contribution in [0.5, 0.6) is 0 Å². The molecule has 3 heteroatoms. The standard InChI is InChI=1S/C11H21NOS/c1-9(2)10(13)12-6-5-11(3,4)14-8-7-12/h9H,5-8H2,1-4H3. The minimum atomic E-state index is 0.140. The van der Waals surface area contributed by atoms with Gasteiger partial charge in [-0.15, -0.1) is 0 Å². The van der Waals surface area contributed by atoms with E-state index in [0.29, 0.717) is 10.7 Å². The van der Waals surface area contributed by atoms with E-state index in [4.69, 9.17) is 0 Å². The lowest BCUT2D eigenvalue weighted by atomic mass is 10.1. The third-order valence-corrected chi connectivity index (χ3v) is 4.02. The summed E-state index contributed by atoms with van der Waals surface area (Å²) >= 11 is 1.98. The number of carbonyl (C=O) groups excluding carboxylic acids is 1. The minimum Gasteiger partial charge on any atom is -0.342 e. The molecular formula is C11H21NOS. The highest BCUT2D eigenvalue weighted by Gasteiger charge is 2.26. The number of carbonyl (C=O) groups is 1. The molecule has 82 valence electrons. The van der Waals surface area contributed by atoms with Gasteiger partial charge in [0.05, 0.1) is 0 Å². The van der Waals surface area contributed by atoms with Crippen LogP contribution in [0.3, 0.4) is 0 Å². The van der Waals surface area contributed by atoms with Crippen LogP contribution in [-0.2, 0) is 4.79 Å². The van der Waals surface area contributed by atoms with Crippen LogP contribution in [0.15, 0.2) is 0 Å². The molecule has 14 heavy (non-hydrogen) atoms. The monoisotopic (exact) mass is 215 g/mol. The third kappa shape index (κ3) is 3.19. The van der Waals surface area contributed by atoms with E-state index in [0.717, 1.165) is 25.3 Å². The molecule has 0 aliphatic carbocycles. The first-order valence-corrected chi connectivity index (χ1v) is 6.34. The van der Waals surface area contributed by atoms with Crippen LogP contribution in [0, 0.1) is 5.92 Å². The summed E-state index contributed by atoms with van der Waals surface area (Å²) in [7, 11) is 0. The summed E-state index contributed by atoms with van der Waals surface area (Å²) in [4.78, 5) is 13.8. The number of thioether (sulfide) groups is 1. The highest BCUT2D eigenvalue weighted by molar-refractivity contribution is 8.00. The van der Waals surface area contributed by atoms with Crippen molar-refractivity contribution < 1.29 is 4.79 Å². The van der Waals surface area contributed by atoms with Crippen molar-refractivity contribution in [3.63, 3.8) is 0 Å². The second-order valence-electron chi connectivity index (χ2n) is 4.84. The molecule has 0 bridgehead atoms. The van der Waals surface area contributed by atoms with Crippen molar-refractivity contribution in [1.82, 2.24) is 4.90 Å². The van der Waals surface area contributed by atoms with E-state index in [9.17, 15) is 4.79 Å². The fourth-order valence-corrected chi connectivity index (χ4v) is 2.71. The van der Waals surface area contributed by atoms with E-state index >= 15 is 0 Å². The lowest BCUT2D eigenvalue weighted by Gasteiger charge is -2.23. The summed E-state index contributed by atoms with van der Waals surface area (Å²) in [5.74, 6) is 1.52. The van der Waals surface area contributed by atoms with Crippen molar-refractivity contribution in [3.8, 4) is 0 Å². The molecule has 0 spiro atoms. The quantitative estimate of drug-likeness (QED) is 0.669. The molecule has 1 amide bonds. The number of hydrogen-bond acceptors (Lipinski definition) is 2. The maximum atomic E-state index is 11.8. The molecule has 1 rings (SSSR count). The third-order valence-electron chi connectivity index (χ3n) is 2.64. The maximum absolute atomic E-state index is 11.8. The predicted octanol–water partition coefficient (Wildman–Crippen LogP) is 2.39. The normalized spacial score (nSPS) is 22.2. The van der Waals surface area contributed by atoms with Gasteiger partial charge in [-0.2, -0.15) is 11.8 Å². The first-order chi connectivity index (χ1) is 6.42. The summed E-state index contributed by atoms with van der Waals surface area (Å²) < 4.78 is 0.339. The fraction of sp³-hybridized carbons (Fsp3) is 0.909. The van der Waals surface area contributed by atoms with E-state index < -0.39 is 0 Å². The van der Waals surface area contributed by atoms with Crippen LogP contribution in [0.2, 0.25) is 0 Å². The molecule has 0 atom stereocenters. The number of hydrogen-bond donors (Lipinski definition) is 0. The van der Waals surface area contributed by atoms with Crippen molar-refractivity contribution in [2.75, 3.05) is 18.8 Å². The predicted molar refractivity (Wildman–Crippen MR) is 62.6 cm³/mol. The van der Waals surface area contributed by atoms with E-state index in [-0.39, 0.29) is 5.92 Å². The molecule has 1 aliphatic rings. The van der Waals surface area contributed by atoms with Gasteiger partial charge in [0.2, 0.25) is 5.91 Å². The van der Waals surface area contributed by atoms with Gasteiger partial charge in [0, 0.05) is 29.5 Å². The maximum Gasteiger partial charge on any atom is 0.225 e. The Labute approximate surface area is 91.4 Å². The Bertz CT molecular complexity index is 213. The van der Waals surface area contributed by atoms with Crippen LogP contribution in [0.25, 0.3) is 0 Å². The first-order valence-electron chi connectivity index (χ1n) is 5.35. The van der Waals surface area contributed by atoms with Crippen LogP contribution in [0.1, 0.15) is 34.1 Å². The van der Waals surface area contributed by atoms with Crippen LogP contribution in [-0.4, -0.2) is 34.4 Å². The average molecular weight is 215 g/mol. The second-order valence-corrected chi connectivity index (χ2v) is 6.64. The van der Waals surface area contributed by atoms with Crippen molar-refractivity contribution in [2.45, 2.75) is 38.9 Å². The number of rotatable bonds is 1. The van der Waals surface area contributed by atoms with Gasteiger partial charge in [-0.1, -0.05) is 27.7 Å². The molecule has 0 radical (unpaired) electrons. The van der Waals surface area contributed by atoms with Gasteiger partial charge < -0.3 is 4.90 Å². The Hall–Kier alpha value is -0.180. The molecule has 1 aliphatic heterocycles. The van der Waals surface area contributed by atoms with Gasteiger partial charge in [-0.3, -0.25) is 4.79 Å². The Morgan fingerprint density at radius 2 is 2.00 bits per heavy atom. The van der Waals surface area contributed by atoms with Gasteiger partial charge >= 0.3 is 0 Å². The lowest BCUT2D eigenvalue weighted by molar-refractivity contribution is -0.134. The summed E-state index contributed by atoms with van der Waals surface area (Å²) in [6, 6.07) is 0. The lowest BCUT2D eigenvalue weighted by Crippen LogP contribution is -2.36. The zero-order valence-electron chi connectivity index (χ0n) is 9.67. The van der Waals surface area contributed by atoms with Crippen molar-refractivity contribution in [2.24, 2.45) is 5.92 Å². The van der Waals surface area contributed by atoms with Crippen LogP contribution < -0.4 is 0 Å². The Morgan fingerprint density at radius 1 is 1.36 bits per heavy atom. The summed E-state index contributed by atoms with van der Waals surface area (Å²) in [6.07, 6.45) is 1.11. The minimum absolute atomic E-state index is 0.140. The largest absolute Gasteiger partial charge is 0.342 e. The fourth-order valence-electron chi connectivity index (χ4n) is 1.61. The van der Waals surface area contributed by atoms with Gasteiger partial charge in [0.15, 0.2) is 0 Å². The SMILES string of the molecule is CC(C)C(=O)N1CCSC(C)(C)CC1. The molecule has 0 aromatic rings. The van der Waals surface area contributed by atoms with E-state index in [2.05, 4.69) is 13.8 Å². The van der Waals surface area contributed by atoms with E-state index in [1.165, 1.54) is 0 Å². The highest BCUT2D eigenvalue weighted by atomic mass is 32.2. The molecule has 0 aromatic carbocycles. The second kappa shape index (κ2) is 4.56. The summed E-state index contributed by atoms with van der Waals surface area (Å²) in [6.45, 7) is 10.3. The molecule has 1 heterocycles. The van der Waals surface area contributed by atoms with Crippen molar-refractivity contribution in [1.29, 1.82) is 0 Å². The van der Waals surface area contributed by atoms with E-state index in [1.54, 1.807) is 0 Å².